The van der Waals surface area contributed by atoms with E-state index in [2.05, 4.69) is 29.6 Å². The van der Waals surface area contributed by atoms with Gasteiger partial charge in [-0.25, -0.2) is 14.6 Å². The van der Waals surface area contributed by atoms with Crippen LogP contribution in [-0.2, 0) is 5.41 Å². The summed E-state index contributed by atoms with van der Waals surface area (Å²) in [6.45, 7) is 7.46. The van der Waals surface area contributed by atoms with Crippen LogP contribution < -0.4 is 11.4 Å². The van der Waals surface area contributed by atoms with E-state index in [1.807, 2.05) is 39.8 Å². The van der Waals surface area contributed by atoms with Crippen molar-refractivity contribution in [1.29, 1.82) is 0 Å². The fourth-order valence-corrected chi connectivity index (χ4v) is 2.90. The number of carboxylic acid groups (broad SMARTS) is 1. The summed E-state index contributed by atoms with van der Waals surface area (Å²) in [5.74, 6) is -1.61. The molecule has 0 atom stereocenters. The molecule has 11 nitrogen and oxygen atoms in total. The molecule has 0 bridgehead atoms. The molecule has 1 aromatic carbocycles. The number of primary amides is 1. The SMILES string of the molecule is CC(C)(C)c1noc(C(=O)O)n1.Cc1cc(-c2ccnc3[nH]c(=O)[nH]c23)ccc1C(N)=O. The van der Waals surface area contributed by atoms with E-state index in [0.717, 1.165) is 16.7 Å². The number of imidazole rings is 1. The Morgan fingerprint density at radius 2 is 1.88 bits per heavy atom. The molecule has 1 amide bonds. The highest BCUT2D eigenvalue weighted by atomic mass is 16.5. The molecule has 166 valence electrons. The van der Waals surface area contributed by atoms with Crippen molar-refractivity contribution >= 4 is 23.0 Å². The highest BCUT2D eigenvalue weighted by molar-refractivity contribution is 5.96. The number of nitrogens with one attached hydrogen (secondary N) is 2. The molecule has 3 heterocycles. The van der Waals surface area contributed by atoms with Gasteiger partial charge in [-0.15, -0.1) is 0 Å². The largest absolute Gasteiger partial charge is 0.474 e. The van der Waals surface area contributed by atoms with Crippen LogP contribution in [0.25, 0.3) is 22.3 Å². The summed E-state index contributed by atoms with van der Waals surface area (Å²) in [5, 5.41) is 12.0. The van der Waals surface area contributed by atoms with Gasteiger partial charge in [0, 0.05) is 22.7 Å². The highest BCUT2D eigenvalue weighted by Crippen LogP contribution is 2.26. The van der Waals surface area contributed by atoms with Gasteiger partial charge >= 0.3 is 17.5 Å². The monoisotopic (exact) mass is 438 g/mol. The summed E-state index contributed by atoms with van der Waals surface area (Å²) in [6.07, 6.45) is 1.62. The predicted octanol–water partition coefficient (Wildman–Crippen LogP) is 2.39. The van der Waals surface area contributed by atoms with Crippen LogP contribution in [-0.4, -0.2) is 42.1 Å². The Morgan fingerprint density at radius 3 is 2.41 bits per heavy atom. The number of amides is 1. The molecule has 4 aromatic rings. The average molecular weight is 438 g/mol. The van der Waals surface area contributed by atoms with Crippen LogP contribution in [0.2, 0.25) is 0 Å². The summed E-state index contributed by atoms with van der Waals surface area (Å²) in [7, 11) is 0. The number of nitrogens with zero attached hydrogens (tertiary/aromatic N) is 3. The van der Waals surface area contributed by atoms with E-state index < -0.39 is 11.9 Å². The number of rotatable bonds is 3. The maximum absolute atomic E-state index is 11.4. The molecule has 32 heavy (non-hydrogen) atoms. The maximum Gasteiger partial charge on any atom is 0.394 e. The molecule has 0 aliphatic carbocycles. The van der Waals surface area contributed by atoms with Gasteiger partial charge in [0.25, 0.3) is 0 Å². The van der Waals surface area contributed by atoms with Gasteiger partial charge in [-0.05, 0) is 30.2 Å². The van der Waals surface area contributed by atoms with Crippen molar-refractivity contribution in [3.05, 3.63) is 63.8 Å². The number of pyridine rings is 1. The van der Waals surface area contributed by atoms with E-state index in [0.29, 0.717) is 22.6 Å². The van der Waals surface area contributed by atoms with Crippen LogP contribution in [0.4, 0.5) is 0 Å². The number of hydrogen-bond donors (Lipinski definition) is 4. The van der Waals surface area contributed by atoms with Crippen LogP contribution in [0.5, 0.6) is 0 Å². The topological polar surface area (TPSA) is 181 Å². The number of carbonyl (C=O) groups excluding carboxylic acids is 1. The van der Waals surface area contributed by atoms with Crippen molar-refractivity contribution < 1.29 is 19.2 Å². The first-order chi connectivity index (χ1) is 15.0. The number of aromatic nitrogens is 5. The maximum atomic E-state index is 11.4. The van der Waals surface area contributed by atoms with Gasteiger partial charge in [0.15, 0.2) is 11.5 Å². The quantitative estimate of drug-likeness (QED) is 0.376. The zero-order valence-electron chi connectivity index (χ0n) is 17.9. The summed E-state index contributed by atoms with van der Waals surface area (Å²) in [6, 6.07) is 7.15. The first-order valence-electron chi connectivity index (χ1n) is 9.52. The van der Waals surface area contributed by atoms with E-state index in [4.69, 9.17) is 10.8 Å². The van der Waals surface area contributed by atoms with Gasteiger partial charge in [-0.3, -0.25) is 9.78 Å². The van der Waals surface area contributed by atoms with E-state index in [-0.39, 0.29) is 17.0 Å². The van der Waals surface area contributed by atoms with E-state index in [1.165, 1.54) is 0 Å². The van der Waals surface area contributed by atoms with E-state index in [1.54, 1.807) is 18.3 Å². The smallest absolute Gasteiger partial charge is 0.394 e. The summed E-state index contributed by atoms with van der Waals surface area (Å²) in [5.41, 5.74) is 8.86. The number of benzene rings is 1. The van der Waals surface area contributed by atoms with Crippen LogP contribution in [0, 0.1) is 6.92 Å². The van der Waals surface area contributed by atoms with Crippen molar-refractivity contribution in [2.24, 2.45) is 5.73 Å². The van der Waals surface area contributed by atoms with Gasteiger partial charge in [0.1, 0.15) is 0 Å². The summed E-state index contributed by atoms with van der Waals surface area (Å²) >= 11 is 0. The Labute approximate surface area is 181 Å². The second-order valence-electron chi connectivity index (χ2n) is 8.03. The lowest BCUT2D eigenvalue weighted by Gasteiger charge is -2.10. The third kappa shape index (κ3) is 4.72. The molecule has 0 aliphatic rings. The number of aryl methyl sites for hydroxylation is 1. The molecule has 0 saturated heterocycles. The first-order valence-corrected chi connectivity index (χ1v) is 9.52. The van der Waals surface area contributed by atoms with Crippen LogP contribution in [0.15, 0.2) is 39.8 Å². The fraction of sp³-hybridized carbons (Fsp3) is 0.238. The fourth-order valence-electron chi connectivity index (χ4n) is 2.90. The van der Waals surface area contributed by atoms with Gasteiger partial charge < -0.3 is 20.3 Å². The summed E-state index contributed by atoms with van der Waals surface area (Å²) in [4.78, 5) is 46.1. The molecule has 0 spiro atoms. The Kier molecular flexibility index (Phi) is 5.92. The van der Waals surface area contributed by atoms with Crippen molar-refractivity contribution in [3.8, 4) is 11.1 Å². The number of fused-ring (bicyclic) bond motifs is 1. The number of hydrogen-bond acceptors (Lipinski definition) is 7. The third-order valence-corrected chi connectivity index (χ3v) is 4.50. The Hall–Kier alpha value is -4.28. The van der Waals surface area contributed by atoms with E-state index >= 15 is 0 Å². The number of aromatic amines is 2. The molecule has 4 rings (SSSR count). The Balaban J connectivity index is 0.000000207. The molecule has 0 unspecified atom stereocenters. The number of carboxylic acids is 1. The van der Waals surface area contributed by atoms with Crippen molar-refractivity contribution in [3.63, 3.8) is 0 Å². The average Bonchev–Trinajstić information content (AvgIpc) is 3.34. The minimum atomic E-state index is -1.20. The zero-order chi connectivity index (χ0) is 23.6. The first kappa shape index (κ1) is 22.4. The standard InChI is InChI=1S/C14H12N4O2.C7H10N2O3/c1-7-6-8(2-3-9(7)12(15)19)10-4-5-16-13-11(10)17-14(20)18-13;1-7(2,3)6-8-4(5(10)11)12-9-6/h2-6H,1H3,(H2,15,19)(H2,16,17,18,20);1-3H3,(H,10,11). The second kappa shape index (κ2) is 8.46. The lowest BCUT2D eigenvalue weighted by Crippen LogP contribution is -2.13. The van der Waals surface area contributed by atoms with Crippen molar-refractivity contribution in [2.45, 2.75) is 33.1 Å². The van der Waals surface area contributed by atoms with Gasteiger partial charge in [0.2, 0.25) is 5.91 Å². The van der Waals surface area contributed by atoms with Crippen LogP contribution in [0.3, 0.4) is 0 Å². The lowest BCUT2D eigenvalue weighted by molar-refractivity contribution is 0.0643. The third-order valence-electron chi connectivity index (χ3n) is 4.50. The second-order valence-corrected chi connectivity index (χ2v) is 8.03. The van der Waals surface area contributed by atoms with E-state index in [9.17, 15) is 14.4 Å². The Bertz CT molecular complexity index is 1360. The molecule has 0 radical (unpaired) electrons. The molecular formula is C21H22N6O5. The molecule has 0 aliphatic heterocycles. The van der Waals surface area contributed by atoms with Gasteiger partial charge in [0.05, 0.1) is 5.52 Å². The van der Waals surface area contributed by atoms with Crippen molar-refractivity contribution in [1.82, 2.24) is 25.1 Å². The number of nitrogens with two attached hydrogens (primary N) is 1. The Morgan fingerprint density at radius 1 is 1.16 bits per heavy atom. The normalized spacial score (nSPS) is 11.1. The predicted molar refractivity (Wildman–Crippen MR) is 115 cm³/mol. The lowest BCUT2D eigenvalue weighted by atomic mass is 9.96. The highest BCUT2D eigenvalue weighted by Gasteiger charge is 2.23. The van der Waals surface area contributed by atoms with Crippen LogP contribution >= 0.6 is 0 Å². The molecule has 11 heteroatoms. The number of carbonyl (C=O) groups is 2. The number of H-pyrrole nitrogens is 2. The molecule has 0 saturated carbocycles. The van der Waals surface area contributed by atoms with Crippen LogP contribution in [0.1, 0.15) is 53.2 Å². The molecule has 5 N–H and O–H groups in total. The van der Waals surface area contributed by atoms with Gasteiger partial charge in [-0.2, -0.15) is 4.98 Å². The zero-order valence-corrected chi connectivity index (χ0v) is 17.9. The minimum Gasteiger partial charge on any atom is -0.474 e. The molecule has 3 aromatic heterocycles. The minimum absolute atomic E-state index is 0.281. The summed E-state index contributed by atoms with van der Waals surface area (Å²) < 4.78 is 4.49. The molecular weight excluding hydrogens is 416 g/mol. The molecule has 0 fully saturated rings. The van der Waals surface area contributed by atoms with Gasteiger partial charge in [-0.1, -0.05) is 38.1 Å². The van der Waals surface area contributed by atoms with Crippen molar-refractivity contribution in [2.75, 3.05) is 0 Å². The number of aromatic carboxylic acids is 1.